The molecule has 1 heterocycles. The Bertz CT molecular complexity index is 646. The second-order valence-electron chi connectivity index (χ2n) is 5.87. The van der Waals surface area contributed by atoms with E-state index in [1.165, 1.54) is 0 Å². The average Bonchev–Trinajstić information content (AvgIpc) is 2.76. The first-order valence-corrected chi connectivity index (χ1v) is 7.14. The molecule has 0 radical (unpaired) electrons. The number of fused-ring (bicyclic) bond motifs is 1. The van der Waals surface area contributed by atoms with Gasteiger partial charge in [0.1, 0.15) is 5.60 Å². The minimum Gasteiger partial charge on any atom is -0.444 e. The molecule has 1 atom stereocenters. The standard InChI is InChI=1S/C15H20ClN3O2/c1-15(2,3)21-14(20)19-13(7-17)11-8-18-12-6-9(16)4-5-10(11)12/h4-6,8,13,18H,7,17H2,1-3H3,(H,19,20). The molecule has 0 saturated heterocycles. The lowest BCUT2D eigenvalue weighted by molar-refractivity contribution is 0.0505. The topological polar surface area (TPSA) is 80.1 Å². The molecule has 1 aromatic carbocycles. The SMILES string of the molecule is CC(C)(C)OC(=O)NC(CN)c1c[nH]c2cc(Cl)ccc12. The Labute approximate surface area is 128 Å². The van der Waals surface area contributed by atoms with Crippen LogP contribution < -0.4 is 11.1 Å². The van der Waals surface area contributed by atoms with Gasteiger partial charge in [-0.05, 0) is 32.9 Å². The van der Waals surface area contributed by atoms with Crippen molar-refractivity contribution in [3.8, 4) is 0 Å². The number of nitrogens with two attached hydrogens (primary N) is 1. The van der Waals surface area contributed by atoms with Gasteiger partial charge < -0.3 is 20.8 Å². The van der Waals surface area contributed by atoms with Crippen molar-refractivity contribution < 1.29 is 9.53 Å². The average molecular weight is 310 g/mol. The molecule has 114 valence electrons. The Morgan fingerprint density at radius 3 is 2.81 bits per heavy atom. The smallest absolute Gasteiger partial charge is 0.408 e. The van der Waals surface area contributed by atoms with Crippen molar-refractivity contribution in [2.75, 3.05) is 6.54 Å². The van der Waals surface area contributed by atoms with Crippen LogP contribution in [-0.2, 0) is 4.74 Å². The van der Waals surface area contributed by atoms with E-state index >= 15 is 0 Å². The summed E-state index contributed by atoms with van der Waals surface area (Å²) < 4.78 is 5.26. The van der Waals surface area contributed by atoms with E-state index in [4.69, 9.17) is 22.1 Å². The molecule has 5 nitrogen and oxygen atoms in total. The van der Waals surface area contributed by atoms with Crippen molar-refractivity contribution >= 4 is 28.6 Å². The second-order valence-corrected chi connectivity index (χ2v) is 6.30. The molecule has 1 amide bonds. The minimum absolute atomic E-state index is 0.273. The number of hydrogen-bond acceptors (Lipinski definition) is 3. The van der Waals surface area contributed by atoms with Crippen molar-refractivity contribution in [2.45, 2.75) is 32.4 Å². The molecule has 1 unspecified atom stereocenters. The maximum atomic E-state index is 11.9. The van der Waals surface area contributed by atoms with Crippen LogP contribution in [0.1, 0.15) is 32.4 Å². The van der Waals surface area contributed by atoms with E-state index in [-0.39, 0.29) is 12.6 Å². The lowest BCUT2D eigenvalue weighted by Crippen LogP contribution is -2.37. The van der Waals surface area contributed by atoms with E-state index in [9.17, 15) is 4.79 Å². The lowest BCUT2D eigenvalue weighted by Gasteiger charge is -2.23. The highest BCUT2D eigenvalue weighted by molar-refractivity contribution is 6.31. The quantitative estimate of drug-likeness (QED) is 0.813. The van der Waals surface area contributed by atoms with Crippen LogP contribution in [0.5, 0.6) is 0 Å². The Morgan fingerprint density at radius 2 is 2.19 bits per heavy atom. The Kier molecular flexibility index (Phi) is 4.44. The first-order valence-electron chi connectivity index (χ1n) is 6.76. The molecular formula is C15H20ClN3O2. The fourth-order valence-corrected chi connectivity index (χ4v) is 2.29. The van der Waals surface area contributed by atoms with Crippen LogP contribution in [0.25, 0.3) is 10.9 Å². The Hall–Kier alpha value is -1.72. The third kappa shape index (κ3) is 3.89. The molecule has 2 rings (SSSR count). The van der Waals surface area contributed by atoms with Crippen molar-refractivity contribution in [1.82, 2.24) is 10.3 Å². The molecule has 0 saturated carbocycles. The van der Waals surface area contributed by atoms with Crippen molar-refractivity contribution in [3.63, 3.8) is 0 Å². The first kappa shape index (κ1) is 15.7. The van der Waals surface area contributed by atoms with Gasteiger partial charge in [0.05, 0.1) is 6.04 Å². The van der Waals surface area contributed by atoms with Crippen molar-refractivity contribution in [1.29, 1.82) is 0 Å². The van der Waals surface area contributed by atoms with Gasteiger partial charge in [0.15, 0.2) is 0 Å². The monoisotopic (exact) mass is 309 g/mol. The van der Waals surface area contributed by atoms with E-state index in [0.29, 0.717) is 5.02 Å². The molecule has 6 heteroatoms. The highest BCUT2D eigenvalue weighted by Crippen LogP contribution is 2.26. The molecule has 2 aromatic rings. The minimum atomic E-state index is -0.545. The van der Waals surface area contributed by atoms with Crippen molar-refractivity contribution in [2.24, 2.45) is 5.73 Å². The summed E-state index contributed by atoms with van der Waals surface area (Å²) in [5, 5.41) is 4.42. The molecule has 4 N–H and O–H groups in total. The number of rotatable bonds is 3. The summed E-state index contributed by atoms with van der Waals surface area (Å²) in [4.78, 5) is 15.0. The van der Waals surface area contributed by atoms with E-state index in [2.05, 4.69) is 10.3 Å². The van der Waals surface area contributed by atoms with Gasteiger partial charge >= 0.3 is 6.09 Å². The summed E-state index contributed by atoms with van der Waals surface area (Å²) in [6.45, 7) is 5.72. The Morgan fingerprint density at radius 1 is 1.48 bits per heavy atom. The van der Waals surface area contributed by atoms with Gasteiger partial charge in [0.25, 0.3) is 0 Å². The van der Waals surface area contributed by atoms with E-state index < -0.39 is 11.7 Å². The largest absolute Gasteiger partial charge is 0.444 e. The maximum Gasteiger partial charge on any atom is 0.408 e. The van der Waals surface area contributed by atoms with Gasteiger partial charge in [-0.15, -0.1) is 0 Å². The predicted molar refractivity (Wildman–Crippen MR) is 84.5 cm³/mol. The molecule has 0 aliphatic carbocycles. The van der Waals surface area contributed by atoms with Gasteiger partial charge in [-0.3, -0.25) is 0 Å². The van der Waals surface area contributed by atoms with E-state index in [1.807, 2.05) is 45.2 Å². The number of hydrogen-bond donors (Lipinski definition) is 3. The molecule has 0 aliphatic rings. The number of H-pyrrole nitrogens is 1. The van der Waals surface area contributed by atoms with Gasteiger partial charge in [-0.2, -0.15) is 0 Å². The van der Waals surface area contributed by atoms with Crippen molar-refractivity contribution in [3.05, 3.63) is 35.0 Å². The number of benzene rings is 1. The highest BCUT2D eigenvalue weighted by atomic mass is 35.5. The van der Waals surface area contributed by atoms with Crippen LogP contribution in [0.3, 0.4) is 0 Å². The normalized spacial score (nSPS) is 13.2. The number of aromatic nitrogens is 1. The third-order valence-corrected chi connectivity index (χ3v) is 3.21. The van der Waals surface area contributed by atoms with Crippen LogP contribution in [0.15, 0.2) is 24.4 Å². The van der Waals surface area contributed by atoms with Gasteiger partial charge in [0, 0.05) is 34.2 Å². The van der Waals surface area contributed by atoms with Gasteiger partial charge in [-0.1, -0.05) is 17.7 Å². The molecule has 0 fully saturated rings. The first-order chi connectivity index (χ1) is 9.80. The van der Waals surface area contributed by atoms with Crippen LogP contribution in [-0.4, -0.2) is 23.2 Å². The number of ether oxygens (including phenoxy) is 1. The fourth-order valence-electron chi connectivity index (χ4n) is 2.12. The summed E-state index contributed by atoms with van der Waals surface area (Å²) in [6.07, 6.45) is 1.34. The molecular weight excluding hydrogens is 290 g/mol. The molecule has 21 heavy (non-hydrogen) atoms. The lowest BCUT2D eigenvalue weighted by atomic mass is 10.1. The molecule has 0 spiro atoms. The number of carbonyl (C=O) groups is 1. The summed E-state index contributed by atoms with van der Waals surface area (Å²) in [7, 11) is 0. The fraction of sp³-hybridized carbons (Fsp3) is 0.400. The number of carbonyl (C=O) groups excluding carboxylic acids is 1. The predicted octanol–water partition coefficient (Wildman–Crippen LogP) is 3.35. The summed E-state index contributed by atoms with van der Waals surface area (Å²) in [6, 6.07) is 5.22. The van der Waals surface area contributed by atoms with Gasteiger partial charge in [0.2, 0.25) is 0 Å². The second kappa shape index (κ2) is 5.95. The van der Waals surface area contributed by atoms with Crippen LogP contribution in [0.4, 0.5) is 4.79 Å². The van der Waals surface area contributed by atoms with Crippen LogP contribution >= 0.6 is 11.6 Å². The number of nitrogens with one attached hydrogen (secondary N) is 2. The highest BCUT2D eigenvalue weighted by Gasteiger charge is 2.21. The molecule has 0 aliphatic heterocycles. The third-order valence-electron chi connectivity index (χ3n) is 2.98. The van der Waals surface area contributed by atoms with E-state index in [1.54, 1.807) is 0 Å². The maximum absolute atomic E-state index is 11.9. The Balaban J connectivity index is 2.22. The van der Waals surface area contributed by atoms with Gasteiger partial charge in [-0.25, -0.2) is 4.79 Å². The molecule has 0 bridgehead atoms. The van der Waals surface area contributed by atoms with Crippen LogP contribution in [0, 0.1) is 0 Å². The zero-order chi connectivity index (χ0) is 15.6. The summed E-state index contributed by atoms with van der Waals surface area (Å²) in [5.41, 5.74) is 7.06. The summed E-state index contributed by atoms with van der Waals surface area (Å²) in [5.74, 6) is 0. The zero-order valence-electron chi connectivity index (χ0n) is 12.4. The number of halogens is 1. The molecule has 1 aromatic heterocycles. The summed E-state index contributed by atoms with van der Waals surface area (Å²) >= 11 is 5.96. The number of aromatic amines is 1. The number of alkyl carbamates (subject to hydrolysis) is 1. The van der Waals surface area contributed by atoms with Crippen LogP contribution in [0.2, 0.25) is 5.02 Å². The number of amides is 1. The zero-order valence-corrected chi connectivity index (χ0v) is 13.1. The van der Waals surface area contributed by atoms with E-state index in [0.717, 1.165) is 16.5 Å².